The van der Waals surface area contributed by atoms with Crippen LogP contribution in [-0.4, -0.2) is 50.6 Å². The lowest BCUT2D eigenvalue weighted by Gasteiger charge is -2.35. The Bertz CT molecular complexity index is 1110. The van der Waals surface area contributed by atoms with Gasteiger partial charge in [-0.2, -0.15) is 17.1 Å². The summed E-state index contributed by atoms with van der Waals surface area (Å²) in [6, 6.07) is 2.88. The van der Waals surface area contributed by atoms with Crippen LogP contribution in [0.1, 0.15) is 23.4 Å². The number of halogens is 4. The summed E-state index contributed by atoms with van der Waals surface area (Å²) in [6.45, 7) is 4.07. The van der Waals surface area contributed by atoms with E-state index in [-0.39, 0.29) is 22.9 Å². The molecule has 0 radical (unpaired) electrons. The number of aryl methyl sites for hydroxylation is 2. The molecular weight excluding hydrogens is 432 g/mol. The van der Waals surface area contributed by atoms with E-state index in [1.54, 1.807) is 6.20 Å². The Balaban J connectivity index is 1.30. The lowest BCUT2D eigenvalue weighted by Crippen LogP contribution is -2.46. The van der Waals surface area contributed by atoms with Crippen molar-refractivity contribution < 1.29 is 17.1 Å². The second-order valence-corrected chi connectivity index (χ2v) is 8.40. The Kier molecular flexibility index (Phi) is 5.25. The molecule has 0 unspecified atom stereocenters. The Hall–Kier alpha value is -2.40. The van der Waals surface area contributed by atoms with Crippen molar-refractivity contribution >= 4 is 29.1 Å². The average Bonchev–Trinajstić information content (AvgIpc) is 3.12. The molecule has 0 N–H and O–H groups in total. The lowest BCUT2D eigenvalue weighted by atomic mass is 10.1. The molecule has 31 heavy (non-hydrogen) atoms. The maximum atomic E-state index is 13.4. The molecule has 5 rings (SSSR count). The van der Waals surface area contributed by atoms with Crippen LogP contribution in [0.15, 0.2) is 29.4 Å². The van der Waals surface area contributed by atoms with Crippen molar-refractivity contribution in [3.05, 3.63) is 41.5 Å². The third-order valence-corrected chi connectivity index (χ3v) is 6.38. The van der Waals surface area contributed by atoms with Crippen molar-refractivity contribution in [2.45, 2.75) is 37.0 Å². The quantitative estimate of drug-likeness (QED) is 0.556. The fourth-order valence-corrected chi connectivity index (χ4v) is 4.79. The predicted octanol–water partition coefficient (Wildman–Crippen LogP) is 4.09. The Morgan fingerprint density at radius 3 is 2.61 bits per heavy atom. The second kappa shape index (κ2) is 7.94. The van der Waals surface area contributed by atoms with Crippen LogP contribution in [0.25, 0.3) is 11.2 Å². The maximum Gasteiger partial charge on any atom is 0.417 e. The highest BCUT2D eigenvalue weighted by molar-refractivity contribution is 7.94. The Morgan fingerprint density at radius 1 is 1.06 bits per heavy atom. The highest BCUT2D eigenvalue weighted by Crippen LogP contribution is 2.36. The van der Waals surface area contributed by atoms with Crippen LogP contribution in [0.5, 0.6) is 0 Å². The smallest absolute Gasteiger partial charge is 0.353 e. The van der Waals surface area contributed by atoms with E-state index in [9.17, 15) is 17.1 Å². The van der Waals surface area contributed by atoms with Gasteiger partial charge >= 0.3 is 6.18 Å². The predicted molar refractivity (Wildman–Crippen MR) is 110 cm³/mol. The molecule has 0 aromatic carbocycles. The van der Waals surface area contributed by atoms with E-state index in [0.717, 1.165) is 48.6 Å². The van der Waals surface area contributed by atoms with Gasteiger partial charge < -0.3 is 9.47 Å². The Labute approximate surface area is 180 Å². The van der Waals surface area contributed by atoms with Gasteiger partial charge in [-0.05, 0) is 30.5 Å². The van der Waals surface area contributed by atoms with Crippen LogP contribution in [0.2, 0.25) is 0 Å². The van der Waals surface area contributed by atoms with E-state index in [4.69, 9.17) is 4.98 Å². The lowest BCUT2D eigenvalue weighted by molar-refractivity contribution is -0.138. The van der Waals surface area contributed by atoms with Crippen molar-refractivity contribution in [3.8, 4) is 0 Å². The number of alkyl halides is 3. The molecular formula is C20H20F4N6S. The SMILES string of the molecule is FSc1cc(C(F)(F)F)cnc1N1CCN(Cc2nc3nccc4c3n2CCC4)CC1. The van der Waals surface area contributed by atoms with E-state index >= 15 is 0 Å². The van der Waals surface area contributed by atoms with Gasteiger partial charge in [-0.25, -0.2) is 15.0 Å². The minimum Gasteiger partial charge on any atom is -0.353 e. The van der Waals surface area contributed by atoms with Crippen molar-refractivity contribution in [1.29, 1.82) is 0 Å². The molecule has 0 spiro atoms. The molecule has 1 saturated heterocycles. The summed E-state index contributed by atoms with van der Waals surface area (Å²) in [5.74, 6) is 1.24. The van der Waals surface area contributed by atoms with Gasteiger partial charge in [-0.1, -0.05) is 0 Å². The number of hydrogen-bond acceptors (Lipinski definition) is 6. The minimum atomic E-state index is -4.54. The summed E-state index contributed by atoms with van der Waals surface area (Å²) in [6.07, 6.45) is 0.148. The van der Waals surface area contributed by atoms with Crippen LogP contribution in [0, 0.1) is 0 Å². The van der Waals surface area contributed by atoms with Crippen LogP contribution < -0.4 is 4.90 Å². The number of anilines is 1. The van der Waals surface area contributed by atoms with E-state index in [0.29, 0.717) is 32.7 Å². The molecule has 3 aromatic rings. The van der Waals surface area contributed by atoms with Gasteiger partial charge in [-0.3, -0.25) is 4.90 Å². The monoisotopic (exact) mass is 452 g/mol. The van der Waals surface area contributed by atoms with Crippen molar-refractivity contribution in [3.63, 3.8) is 0 Å². The zero-order valence-electron chi connectivity index (χ0n) is 16.6. The molecule has 6 nitrogen and oxygen atoms in total. The fraction of sp³-hybridized carbons (Fsp3) is 0.450. The summed E-state index contributed by atoms with van der Waals surface area (Å²) in [4.78, 5) is 17.1. The van der Waals surface area contributed by atoms with Gasteiger partial charge in [0, 0.05) is 45.1 Å². The number of imidazole rings is 1. The molecule has 0 amide bonds. The Morgan fingerprint density at radius 2 is 1.87 bits per heavy atom. The standard InChI is InChI=1S/C20H20F4N6S/c21-20(22,23)14-10-15(31-24)19(26-11-14)29-8-6-28(7-9-29)12-16-27-18-17-13(3-4-25-18)2-1-5-30(16)17/h3-4,10-11H,1-2,5-9,12H2. The van der Waals surface area contributed by atoms with Crippen LogP contribution in [-0.2, 0) is 25.7 Å². The molecule has 0 aliphatic carbocycles. The molecule has 2 aliphatic heterocycles. The normalized spacial score (nSPS) is 17.5. The zero-order valence-corrected chi connectivity index (χ0v) is 17.4. The van der Waals surface area contributed by atoms with Gasteiger partial charge in [0.2, 0.25) is 0 Å². The van der Waals surface area contributed by atoms with Crippen LogP contribution in [0.3, 0.4) is 0 Å². The van der Waals surface area contributed by atoms with Crippen LogP contribution in [0.4, 0.5) is 22.9 Å². The van der Waals surface area contributed by atoms with Crippen LogP contribution >= 0.6 is 12.1 Å². The molecule has 5 heterocycles. The first-order chi connectivity index (χ1) is 14.9. The summed E-state index contributed by atoms with van der Waals surface area (Å²) < 4.78 is 54.3. The first-order valence-corrected chi connectivity index (χ1v) is 10.8. The van der Waals surface area contributed by atoms with Crippen molar-refractivity contribution in [1.82, 2.24) is 24.4 Å². The summed E-state index contributed by atoms with van der Waals surface area (Å²) in [7, 11) is 0. The summed E-state index contributed by atoms with van der Waals surface area (Å²) in [5, 5.41) is 0. The van der Waals surface area contributed by atoms with Crippen molar-refractivity contribution in [2.75, 3.05) is 31.1 Å². The largest absolute Gasteiger partial charge is 0.417 e. The first kappa shape index (κ1) is 20.5. The van der Waals surface area contributed by atoms with Gasteiger partial charge in [0.05, 0.1) is 34.7 Å². The van der Waals surface area contributed by atoms with E-state index in [2.05, 4.69) is 25.5 Å². The maximum absolute atomic E-state index is 13.4. The zero-order chi connectivity index (χ0) is 21.6. The van der Waals surface area contributed by atoms with E-state index in [1.807, 2.05) is 4.90 Å². The third-order valence-electron chi connectivity index (χ3n) is 5.91. The molecule has 0 bridgehead atoms. The number of aromatic nitrogens is 4. The van der Waals surface area contributed by atoms with Gasteiger partial charge in [0.25, 0.3) is 0 Å². The average molecular weight is 452 g/mol. The molecule has 11 heteroatoms. The molecule has 1 fully saturated rings. The number of nitrogens with zero attached hydrogens (tertiary/aromatic N) is 6. The number of pyridine rings is 2. The summed E-state index contributed by atoms with van der Waals surface area (Å²) in [5.41, 5.74) is 2.25. The van der Waals surface area contributed by atoms with E-state index in [1.165, 1.54) is 5.56 Å². The highest BCUT2D eigenvalue weighted by atomic mass is 32.2. The second-order valence-electron chi connectivity index (χ2n) is 7.81. The highest BCUT2D eigenvalue weighted by Gasteiger charge is 2.33. The van der Waals surface area contributed by atoms with Gasteiger partial charge in [-0.15, -0.1) is 0 Å². The first-order valence-electron chi connectivity index (χ1n) is 10.1. The van der Waals surface area contributed by atoms with E-state index < -0.39 is 11.7 Å². The molecule has 0 saturated carbocycles. The fourth-order valence-electron chi connectivity index (χ4n) is 4.36. The molecule has 3 aromatic heterocycles. The van der Waals surface area contributed by atoms with Gasteiger partial charge in [0.15, 0.2) is 5.65 Å². The number of hydrogen-bond donors (Lipinski definition) is 0. The molecule has 0 atom stereocenters. The summed E-state index contributed by atoms with van der Waals surface area (Å²) >= 11 is -0.200. The topological polar surface area (TPSA) is 50.1 Å². The molecule has 164 valence electrons. The van der Waals surface area contributed by atoms with Gasteiger partial charge in [0.1, 0.15) is 11.6 Å². The third kappa shape index (κ3) is 3.84. The van der Waals surface area contributed by atoms with Crippen molar-refractivity contribution in [2.24, 2.45) is 0 Å². The molecule has 2 aliphatic rings. The minimum absolute atomic E-state index is 0.106. The number of piperazine rings is 1. The number of rotatable bonds is 4.